The minimum Gasteiger partial charge on any atom is -0.478 e. The predicted molar refractivity (Wildman–Crippen MR) is 108 cm³/mol. The van der Waals surface area contributed by atoms with Crippen LogP contribution >= 0.6 is 0 Å². The molecule has 0 radical (unpaired) electrons. The summed E-state index contributed by atoms with van der Waals surface area (Å²) < 4.78 is 0. The molecule has 0 aromatic heterocycles. The first kappa shape index (κ1) is 19.7. The summed E-state index contributed by atoms with van der Waals surface area (Å²) >= 11 is 0. The molecule has 1 saturated carbocycles. The van der Waals surface area contributed by atoms with Gasteiger partial charge in [0.2, 0.25) is 5.91 Å². The van der Waals surface area contributed by atoms with Crippen molar-refractivity contribution in [3.63, 3.8) is 0 Å². The third-order valence-electron chi connectivity index (χ3n) is 5.76. The summed E-state index contributed by atoms with van der Waals surface area (Å²) in [5, 5.41) is 12.3. The Hall–Kier alpha value is -2.08. The van der Waals surface area contributed by atoms with Crippen LogP contribution in [0.1, 0.15) is 62.2 Å². The summed E-state index contributed by atoms with van der Waals surface area (Å²) in [6, 6.07) is 6.07. The van der Waals surface area contributed by atoms with Gasteiger partial charge in [-0.15, -0.1) is 0 Å². The Labute approximate surface area is 161 Å². The fourth-order valence-corrected chi connectivity index (χ4v) is 4.25. The zero-order chi connectivity index (χ0) is 19.2. The number of piperazine rings is 1. The number of carboxylic acid groups (broad SMARTS) is 1. The number of carbonyl (C=O) groups excluding carboxylic acids is 1. The van der Waals surface area contributed by atoms with E-state index in [9.17, 15) is 14.7 Å². The number of benzene rings is 1. The number of carbonyl (C=O) groups is 2. The summed E-state index contributed by atoms with van der Waals surface area (Å²) in [6.07, 6.45) is 7.82. The summed E-state index contributed by atoms with van der Waals surface area (Å²) in [4.78, 5) is 28.4. The van der Waals surface area contributed by atoms with E-state index >= 15 is 0 Å². The van der Waals surface area contributed by atoms with E-state index in [0.717, 1.165) is 44.3 Å². The SMILES string of the molecule is CCCC(=O)Nc1ccc(N2CCN(C3CCCCC3)CC2)cc1C(=O)O. The molecular formula is C21H31N3O3. The first-order chi connectivity index (χ1) is 13.1. The first-order valence-electron chi connectivity index (χ1n) is 10.2. The van der Waals surface area contributed by atoms with Crippen LogP contribution in [0.3, 0.4) is 0 Å². The maximum Gasteiger partial charge on any atom is 0.337 e. The van der Waals surface area contributed by atoms with Gasteiger partial charge in [-0.1, -0.05) is 26.2 Å². The van der Waals surface area contributed by atoms with Crippen LogP contribution in [0.2, 0.25) is 0 Å². The fourth-order valence-electron chi connectivity index (χ4n) is 4.25. The monoisotopic (exact) mass is 373 g/mol. The lowest BCUT2D eigenvalue weighted by atomic mass is 9.94. The summed E-state index contributed by atoms with van der Waals surface area (Å²) in [5.74, 6) is -1.15. The number of hydrogen-bond acceptors (Lipinski definition) is 4. The number of aromatic carboxylic acids is 1. The highest BCUT2D eigenvalue weighted by Gasteiger charge is 2.25. The molecule has 2 N–H and O–H groups in total. The second kappa shape index (κ2) is 9.22. The van der Waals surface area contributed by atoms with E-state index < -0.39 is 5.97 Å². The highest BCUT2D eigenvalue weighted by Crippen LogP contribution is 2.27. The maximum atomic E-state index is 11.8. The zero-order valence-electron chi connectivity index (χ0n) is 16.2. The highest BCUT2D eigenvalue weighted by atomic mass is 16.4. The van der Waals surface area contributed by atoms with Crippen molar-refractivity contribution < 1.29 is 14.7 Å². The van der Waals surface area contributed by atoms with Gasteiger partial charge >= 0.3 is 5.97 Å². The molecule has 2 aliphatic rings. The van der Waals surface area contributed by atoms with Crippen LogP contribution < -0.4 is 10.2 Å². The maximum absolute atomic E-state index is 11.8. The van der Waals surface area contributed by atoms with Gasteiger partial charge in [0, 0.05) is 44.3 Å². The smallest absolute Gasteiger partial charge is 0.337 e. The quantitative estimate of drug-likeness (QED) is 0.797. The van der Waals surface area contributed by atoms with Crippen LogP contribution in [0, 0.1) is 0 Å². The van der Waals surface area contributed by atoms with Crippen LogP contribution in [0.25, 0.3) is 0 Å². The number of rotatable bonds is 6. The average molecular weight is 373 g/mol. The van der Waals surface area contributed by atoms with E-state index in [0.29, 0.717) is 12.1 Å². The zero-order valence-corrected chi connectivity index (χ0v) is 16.2. The summed E-state index contributed by atoms with van der Waals surface area (Å²) in [5.41, 5.74) is 1.46. The Bertz CT molecular complexity index is 663. The Kier molecular flexibility index (Phi) is 6.72. The van der Waals surface area contributed by atoms with Crippen molar-refractivity contribution in [3.05, 3.63) is 23.8 Å². The molecule has 6 nitrogen and oxygen atoms in total. The molecule has 1 aliphatic heterocycles. The Morgan fingerprint density at radius 2 is 1.81 bits per heavy atom. The molecule has 3 rings (SSSR count). The first-order valence-corrected chi connectivity index (χ1v) is 10.2. The number of anilines is 2. The van der Waals surface area contributed by atoms with Gasteiger partial charge in [-0.25, -0.2) is 4.79 Å². The van der Waals surface area contributed by atoms with E-state index in [4.69, 9.17) is 0 Å². The van der Waals surface area contributed by atoms with E-state index in [1.165, 1.54) is 32.1 Å². The van der Waals surface area contributed by atoms with Crippen LogP contribution in [0.4, 0.5) is 11.4 Å². The van der Waals surface area contributed by atoms with Gasteiger partial charge in [0.25, 0.3) is 0 Å². The highest BCUT2D eigenvalue weighted by molar-refractivity contribution is 6.01. The molecule has 27 heavy (non-hydrogen) atoms. The van der Waals surface area contributed by atoms with E-state index in [-0.39, 0.29) is 11.5 Å². The van der Waals surface area contributed by atoms with Crippen LogP contribution in [0.15, 0.2) is 18.2 Å². The lowest BCUT2D eigenvalue weighted by molar-refractivity contribution is -0.116. The molecule has 2 fully saturated rings. The predicted octanol–water partition coefficient (Wildman–Crippen LogP) is 3.58. The van der Waals surface area contributed by atoms with Gasteiger partial charge in [-0.2, -0.15) is 0 Å². The lowest BCUT2D eigenvalue weighted by Gasteiger charge is -2.41. The van der Waals surface area contributed by atoms with Crippen molar-refractivity contribution in [1.82, 2.24) is 4.90 Å². The van der Waals surface area contributed by atoms with Crippen molar-refractivity contribution in [1.29, 1.82) is 0 Å². The van der Waals surface area contributed by atoms with Gasteiger partial charge < -0.3 is 15.3 Å². The van der Waals surface area contributed by atoms with Crippen molar-refractivity contribution in [2.24, 2.45) is 0 Å². The molecule has 1 saturated heterocycles. The molecule has 0 atom stereocenters. The third-order valence-corrected chi connectivity index (χ3v) is 5.76. The molecule has 1 aliphatic carbocycles. The number of nitrogens with zero attached hydrogens (tertiary/aromatic N) is 2. The lowest BCUT2D eigenvalue weighted by Crippen LogP contribution is -2.50. The minimum atomic E-state index is -1.01. The molecule has 0 bridgehead atoms. The summed E-state index contributed by atoms with van der Waals surface area (Å²) in [7, 11) is 0. The van der Waals surface area contributed by atoms with Gasteiger partial charge in [0.1, 0.15) is 0 Å². The molecule has 1 aromatic rings. The molecule has 0 spiro atoms. The van der Waals surface area contributed by atoms with E-state index in [1.807, 2.05) is 13.0 Å². The normalized spacial score (nSPS) is 19.1. The number of nitrogens with one attached hydrogen (secondary N) is 1. The molecular weight excluding hydrogens is 342 g/mol. The van der Waals surface area contributed by atoms with Gasteiger partial charge in [0.05, 0.1) is 11.3 Å². The Morgan fingerprint density at radius 3 is 2.44 bits per heavy atom. The molecule has 1 heterocycles. The number of carboxylic acids is 1. The molecule has 148 valence electrons. The number of hydrogen-bond donors (Lipinski definition) is 2. The second-order valence-corrected chi connectivity index (χ2v) is 7.65. The van der Waals surface area contributed by atoms with Crippen molar-refractivity contribution >= 4 is 23.3 Å². The van der Waals surface area contributed by atoms with Gasteiger partial charge in [-0.3, -0.25) is 9.69 Å². The summed E-state index contributed by atoms with van der Waals surface area (Å²) in [6.45, 7) is 5.81. The van der Waals surface area contributed by atoms with Gasteiger partial charge in [-0.05, 0) is 37.5 Å². The number of amides is 1. The van der Waals surface area contributed by atoms with Crippen molar-refractivity contribution in [2.75, 3.05) is 36.4 Å². The standard InChI is InChI=1S/C21H31N3O3/c1-2-6-20(25)22-19-10-9-17(15-18(19)21(26)27)24-13-11-23(12-14-24)16-7-4-3-5-8-16/h9-10,15-16H,2-8,11-14H2,1H3,(H,22,25)(H,26,27). The average Bonchev–Trinajstić information content (AvgIpc) is 2.69. The van der Waals surface area contributed by atoms with Crippen molar-refractivity contribution in [2.45, 2.75) is 57.9 Å². The van der Waals surface area contributed by atoms with Gasteiger partial charge in [0.15, 0.2) is 0 Å². The molecule has 0 unspecified atom stereocenters. The largest absolute Gasteiger partial charge is 0.478 e. The van der Waals surface area contributed by atoms with E-state index in [2.05, 4.69) is 15.1 Å². The molecule has 1 amide bonds. The second-order valence-electron chi connectivity index (χ2n) is 7.65. The third kappa shape index (κ3) is 5.01. The topological polar surface area (TPSA) is 72.9 Å². The van der Waals surface area contributed by atoms with Crippen LogP contribution in [-0.4, -0.2) is 54.1 Å². The Morgan fingerprint density at radius 1 is 1.11 bits per heavy atom. The Balaban J connectivity index is 1.65. The van der Waals surface area contributed by atoms with Crippen molar-refractivity contribution in [3.8, 4) is 0 Å². The molecule has 6 heteroatoms. The van der Waals surface area contributed by atoms with E-state index in [1.54, 1.807) is 12.1 Å². The molecule has 1 aromatic carbocycles. The van der Waals surface area contributed by atoms with Crippen LogP contribution in [0.5, 0.6) is 0 Å². The van der Waals surface area contributed by atoms with Crippen LogP contribution in [-0.2, 0) is 4.79 Å². The minimum absolute atomic E-state index is 0.145. The fraction of sp³-hybridized carbons (Fsp3) is 0.619.